The summed E-state index contributed by atoms with van der Waals surface area (Å²) in [5.74, 6) is 0.497. The molecule has 2 fully saturated rings. The molecule has 1 amide bonds. The summed E-state index contributed by atoms with van der Waals surface area (Å²) in [4.78, 5) is 11.0. The molecule has 0 saturated carbocycles. The Morgan fingerprint density at radius 2 is 2.33 bits per heavy atom. The first kappa shape index (κ1) is 8.01. The molecule has 0 spiro atoms. The van der Waals surface area contributed by atoms with E-state index in [1.54, 1.807) is 0 Å². The van der Waals surface area contributed by atoms with Gasteiger partial charge in [-0.1, -0.05) is 6.92 Å². The first-order valence-electron chi connectivity index (χ1n) is 4.39. The zero-order chi connectivity index (χ0) is 8.55. The van der Waals surface area contributed by atoms with Crippen LogP contribution in [0.1, 0.15) is 6.92 Å². The largest absolute Gasteiger partial charge is 0.366 e. The summed E-state index contributed by atoms with van der Waals surface area (Å²) in [7, 11) is 0. The first-order valence-corrected chi connectivity index (χ1v) is 4.39. The minimum Gasteiger partial charge on any atom is -0.366 e. The molecule has 4 heteroatoms. The molecule has 2 N–H and O–H groups in total. The molecule has 0 aromatic rings. The van der Waals surface area contributed by atoms with Crippen molar-refractivity contribution in [2.24, 2.45) is 5.92 Å². The maximum absolute atomic E-state index is 11.0. The van der Waals surface area contributed by atoms with Crippen LogP contribution < -0.4 is 10.6 Å². The molecule has 0 radical (unpaired) electrons. The van der Waals surface area contributed by atoms with Crippen LogP contribution in [-0.4, -0.2) is 37.7 Å². The van der Waals surface area contributed by atoms with E-state index in [0.717, 1.165) is 13.1 Å². The van der Waals surface area contributed by atoms with Crippen molar-refractivity contribution in [3.63, 3.8) is 0 Å². The lowest BCUT2D eigenvalue weighted by atomic mass is 9.93. The number of piperidine rings is 1. The fourth-order valence-electron chi connectivity index (χ4n) is 1.93. The number of carbonyl (C=O) groups is 1. The van der Waals surface area contributed by atoms with E-state index in [9.17, 15) is 4.79 Å². The zero-order valence-electron chi connectivity index (χ0n) is 7.17. The van der Waals surface area contributed by atoms with Crippen molar-refractivity contribution in [1.29, 1.82) is 0 Å². The average Bonchev–Trinajstić information content (AvgIpc) is 2.04. The van der Waals surface area contributed by atoms with Crippen LogP contribution in [0.15, 0.2) is 0 Å². The summed E-state index contributed by atoms with van der Waals surface area (Å²) < 4.78 is 5.45. The third kappa shape index (κ3) is 1.32. The van der Waals surface area contributed by atoms with Gasteiger partial charge in [-0.2, -0.15) is 0 Å². The monoisotopic (exact) mass is 170 g/mol. The lowest BCUT2D eigenvalue weighted by Gasteiger charge is -2.40. The Balaban J connectivity index is 2.04. The number of hydrogen-bond donors (Lipinski definition) is 2. The number of ether oxygens (including phenoxy) is 1. The molecule has 12 heavy (non-hydrogen) atoms. The van der Waals surface area contributed by atoms with Crippen LogP contribution in [0.25, 0.3) is 0 Å². The lowest BCUT2D eigenvalue weighted by molar-refractivity contribution is -0.141. The minimum absolute atomic E-state index is 0.00662. The summed E-state index contributed by atoms with van der Waals surface area (Å²) >= 11 is 0. The van der Waals surface area contributed by atoms with Crippen molar-refractivity contribution in [2.75, 3.05) is 19.7 Å². The van der Waals surface area contributed by atoms with Gasteiger partial charge in [-0.15, -0.1) is 0 Å². The van der Waals surface area contributed by atoms with Crippen molar-refractivity contribution in [2.45, 2.75) is 19.1 Å². The molecular formula is C8H14N2O2. The van der Waals surface area contributed by atoms with Gasteiger partial charge < -0.3 is 15.4 Å². The van der Waals surface area contributed by atoms with Gasteiger partial charge in [-0.3, -0.25) is 4.79 Å². The van der Waals surface area contributed by atoms with Crippen molar-refractivity contribution in [3.05, 3.63) is 0 Å². The summed E-state index contributed by atoms with van der Waals surface area (Å²) in [5.41, 5.74) is 0. The number of nitrogens with one attached hydrogen (secondary N) is 2. The van der Waals surface area contributed by atoms with Crippen LogP contribution in [0, 0.1) is 5.92 Å². The van der Waals surface area contributed by atoms with Crippen molar-refractivity contribution < 1.29 is 9.53 Å². The highest BCUT2D eigenvalue weighted by Gasteiger charge is 2.35. The van der Waals surface area contributed by atoms with Crippen molar-refractivity contribution >= 4 is 5.91 Å². The third-order valence-electron chi connectivity index (χ3n) is 2.54. The molecule has 0 aliphatic carbocycles. The number of morpholine rings is 1. The van der Waals surface area contributed by atoms with E-state index in [4.69, 9.17) is 4.74 Å². The highest BCUT2D eigenvalue weighted by molar-refractivity contribution is 5.78. The minimum atomic E-state index is 0.00662. The Morgan fingerprint density at radius 1 is 1.50 bits per heavy atom. The smallest absolute Gasteiger partial charge is 0.246 e. The zero-order valence-corrected chi connectivity index (χ0v) is 7.17. The van der Waals surface area contributed by atoms with Crippen LogP contribution in [0.5, 0.6) is 0 Å². The van der Waals surface area contributed by atoms with Gasteiger partial charge in [-0.25, -0.2) is 0 Å². The fraction of sp³-hybridized carbons (Fsp3) is 0.875. The van der Waals surface area contributed by atoms with Gasteiger partial charge in [0.1, 0.15) is 6.61 Å². The van der Waals surface area contributed by atoms with Gasteiger partial charge in [0.05, 0.1) is 12.1 Å². The molecule has 2 saturated heterocycles. The van der Waals surface area contributed by atoms with E-state index in [2.05, 4.69) is 17.6 Å². The number of carbonyl (C=O) groups excluding carboxylic acids is 1. The first-order chi connectivity index (χ1) is 5.77. The Bertz CT molecular complexity index is 195. The third-order valence-corrected chi connectivity index (χ3v) is 2.54. The second kappa shape index (κ2) is 3.03. The standard InChI is InChI=1S/C8H14N2O2/c1-5-2-9-3-6-8(5)12-4-7(11)10-6/h5-6,8-9H,2-4H2,1H3,(H,10,11)/t5?,6-,8+/m1/s1. The summed E-state index contributed by atoms with van der Waals surface area (Å²) in [6.45, 7) is 4.19. The summed E-state index contributed by atoms with van der Waals surface area (Å²) in [5, 5.41) is 6.18. The highest BCUT2D eigenvalue weighted by Crippen LogP contribution is 2.17. The molecule has 0 aromatic carbocycles. The molecule has 0 aromatic heterocycles. The van der Waals surface area contributed by atoms with E-state index < -0.39 is 0 Å². The summed E-state index contributed by atoms with van der Waals surface area (Å²) in [6, 6.07) is 0.176. The molecule has 68 valence electrons. The second-order valence-corrected chi connectivity index (χ2v) is 3.59. The second-order valence-electron chi connectivity index (χ2n) is 3.59. The summed E-state index contributed by atoms with van der Waals surface area (Å²) in [6.07, 6.45) is 0.212. The number of hydrogen-bond acceptors (Lipinski definition) is 3. The number of rotatable bonds is 0. The van der Waals surface area contributed by atoms with Gasteiger partial charge in [0, 0.05) is 13.1 Å². The lowest BCUT2D eigenvalue weighted by Crippen LogP contribution is -2.62. The van der Waals surface area contributed by atoms with Crippen molar-refractivity contribution in [3.8, 4) is 0 Å². The van der Waals surface area contributed by atoms with Gasteiger partial charge >= 0.3 is 0 Å². The van der Waals surface area contributed by atoms with E-state index in [0.29, 0.717) is 5.92 Å². The Labute approximate surface area is 71.7 Å². The van der Waals surface area contributed by atoms with Gasteiger partial charge in [-0.05, 0) is 5.92 Å². The van der Waals surface area contributed by atoms with Crippen LogP contribution in [0.4, 0.5) is 0 Å². The van der Waals surface area contributed by atoms with Crippen LogP contribution in [-0.2, 0) is 9.53 Å². The Kier molecular flexibility index (Phi) is 2.02. The van der Waals surface area contributed by atoms with Crippen molar-refractivity contribution in [1.82, 2.24) is 10.6 Å². The molecule has 1 unspecified atom stereocenters. The molecule has 4 nitrogen and oxygen atoms in total. The average molecular weight is 170 g/mol. The van der Waals surface area contributed by atoms with Gasteiger partial charge in [0.15, 0.2) is 0 Å². The predicted octanol–water partition coefficient (Wildman–Crippen LogP) is -0.891. The molecular weight excluding hydrogens is 156 g/mol. The predicted molar refractivity (Wildman–Crippen MR) is 43.7 cm³/mol. The van der Waals surface area contributed by atoms with E-state index in [-0.39, 0.29) is 24.7 Å². The molecule has 0 bridgehead atoms. The normalized spacial score (nSPS) is 41.8. The number of amides is 1. The van der Waals surface area contributed by atoms with Crippen LogP contribution in [0.3, 0.4) is 0 Å². The fourth-order valence-corrected chi connectivity index (χ4v) is 1.93. The van der Waals surface area contributed by atoms with Gasteiger partial charge in [0.2, 0.25) is 5.91 Å². The van der Waals surface area contributed by atoms with Gasteiger partial charge in [0.25, 0.3) is 0 Å². The van der Waals surface area contributed by atoms with Crippen LogP contribution >= 0.6 is 0 Å². The molecule has 2 aliphatic heterocycles. The maximum atomic E-state index is 11.0. The topological polar surface area (TPSA) is 50.4 Å². The van der Waals surface area contributed by atoms with E-state index in [1.165, 1.54) is 0 Å². The molecule has 2 aliphatic rings. The Hall–Kier alpha value is -0.610. The SMILES string of the molecule is CC1CNC[C@H]2NC(=O)CO[C@@H]12. The maximum Gasteiger partial charge on any atom is 0.246 e. The molecule has 3 atom stereocenters. The quantitative estimate of drug-likeness (QED) is 0.496. The van der Waals surface area contributed by atoms with E-state index in [1.807, 2.05) is 0 Å². The molecule has 2 rings (SSSR count). The van der Waals surface area contributed by atoms with Crippen LogP contribution in [0.2, 0.25) is 0 Å². The molecule has 2 heterocycles. The number of fused-ring (bicyclic) bond motifs is 1. The Morgan fingerprint density at radius 3 is 3.17 bits per heavy atom. The van der Waals surface area contributed by atoms with E-state index >= 15 is 0 Å². The highest BCUT2D eigenvalue weighted by atomic mass is 16.5.